The molecule has 2 heterocycles. The Hall–Kier alpha value is -2.83. The van der Waals surface area contributed by atoms with Gasteiger partial charge in [0.2, 0.25) is 5.88 Å². The highest BCUT2D eigenvalue weighted by Crippen LogP contribution is 2.47. The van der Waals surface area contributed by atoms with Gasteiger partial charge in [-0.25, -0.2) is 9.97 Å². The first kappa shape index (κ1) is 22.0. The first-order valence-corrected chi connectivity index (χ1v) is 11.5. The number of aromatic nitrogens is 2. The van der Waals surface area contributed by atoms with Crippen molar-refractivity contribution in [2.75, 3.05) is 0 Å². The number of benzene rings is 2. The number of ether oxygens (including phenoxy) is 2. The summed E-state index contributed by atoms with van der Waals surface area (Å²) in [5.74, 6) is -0.178. The first-order valence-electron chi connectivity index (χ1n) is 11.1. The van der Waals surface area contributed by atoms with Crippen molar-refractivity contribution in [3.05, 3.63) is 58.7 Å². The smallest absolute Gasteiger partial charge is 0.238 e. The van der Waals surface area contributed by atoms with E-state index in [2.05, 4.69) is 9.97 Å². The van der Waals surface area contributed by atoms with Crippen LogP contribution in [0.15, 0.2) is 42.6 Å². The summed E-state index contributed by atoms with van der Waals surface area (Å²) in [6.45, 7) is 6.91. The molecule has 0 radical (unpaired) electrons. The fraction of sp³-hybridized carbons (Fsp3) is 0.385. The van der Waals surface area contributed by atoms with E-state index in [1.807, 2.05) is 12.1 Å². The van der Waals surface area contributed by atoms with Crippen molar-refractivity contribution in [3.63, 3.8) is 0 Å². The summed E-state index contributed by atoms with van der Waals surface area (Å²) >= 11 is 6.03. The van der Waals surface area contributed by atoms with Crippen molar-refractivity contribution in [2.24, 2.45) is 0 Å². The van der Waals surface area contributed by atoms with Gasteiger partial charge < -0.3 is 9.47 Å². The molecule has 1 aromatic heterocycles. The van der Waals surface area contributed by atoms with Crippen molar-refractivity contribution in [3.8, 4) is 11.6 Å². The Bertz CT molecular complexity index is 1270. The third kappa shape index (κ3) is 4.02. The van der Waals surface area contributed by atoms with Gasteiger partial charge in [-0.3, -0.25) is 9.59 Å². The lowest BCUT2D eigenvalue weighted by molar-refractivity contribution is -0.184. The van der Waals surface area contributed by atoms with Crippen LogP contribution in [-0.2, 0) is 14.3 Å². The van der Waals surface area contributed by atoms with Crippen LogP contribution in [0.3, 0.4) is 0 Å². The Kier molecular flexibility index (Phi) is 5.07. The molecule has 0 amide bonds. The van der Waals surface area contributed by atoms with E-state index in [1.54, 1.807) is 52.0 Å². The van der Waals surface area contributed by atoms with Crippen molar-refractivity contribution >= 4 is 34.2 Å². The molecule has 6 nitrogen and oxygen atoms in total. The molecular weight excluding hydrogens is 440 g/mol. The second-order valence-corrected chi connectivity index (χ2v) is 10.2. The maximum absolute atomic E-state index is 13.4. The predicted octanol–water partition coefficient (Wildman–Crippen LogP) is 5.76. The molecule has 1 aliphatic heterocycles. The fourth-order valence-electron chi connectivity index (χ4n) is 4.60. The summed E-state index contributed by atoms with van der Waals surface area (Å²) in [4.78, 5) is 35.6. The summed E-state index contributed by atoms with van der Waals surface area (Å²) in [7, 11) is 0. The van der Waals surface area contributed by atoms with E-state index in [4.69, 9.17) is 21.1 Å². The molecule has 0 N–H and O–H groups in total. The van der Waals surface area contributed by atoms with Gasteiger partial charge in [-0.2, -0.15) is 0 Å². The standard InChI is InChI=1S/C26H25ClN2O4/c1-25(2)23(30)22(24(31)26(3,4)33-25)18-12-16(8-9-17(18)14-5-6-14)32-21-13-28-20-11-15(27)7-10-19(20)29-21/h7-14,22H,5-6H2,1-4H3. The average molecular weight is 465 g/mol. The second-order valence-electron chi connectivity index (χ2n) is 9.79. The molecule has 1 saturated carbocycles. The van der Waals surface area contributed by atoms with Crippen LogP contribution >= 0.6 is 11.6 Å². The lowest BCUT2D eigenvalue weighted by Crippen LogP contribution is -2.58. The van der Waals surface area contributed by atoms with Gasteiger partial charge in [-0.1, -0.05) is 17.7 Å². The number of fused-ring (bicyclic) bond motifs is 1. The van der Waals surface area contributed by atoms with E-state index in [1.165, 1.54) is 6.20 Å². The van der Waals surface area contributed by atoms with E-state index < -0.39 is 17.1 Å². The van der Waals surface area contributed by atoms with Gasteiger partial charge in [-0.05, 0) is 87.9 Å². The molecule has 33 heavy (non-hydrogen) atoms. The number of hydrogen-bond donors (Lipinski definition) is 0. The first-order chi connectivity index (χ1) is 15.5. The summed E-state index contributed by atoms with van der Waals surface area (Å²) in [6, 6.07) is 10.9. The zero-order valence-corrected chi connectivity index (χ0v) is 19.8. The number of Topliss-reactive ketones (excluding diaryl/α,β-unsaturated/α-hetero) is 2. The SMILES string of the molecule is CC1(C)OC(C)(C)C(=O)C(c2cc(Oc3cnc4cc(Cl)ccc4n3)ccc2C2CC2)C1=O. The van der Waals surface area contributed by atoms with E-state index in [9.17, 15) is 9.59 Å². The summed E-state index contributed by atoms with van der Waals surface area (Å²) in [6.07, 6.45) is 3.62. The quantitative estimate of drug-likeness (QED) is 0.456. The molecule has 1 aliphatic carbocycles. The van der Waals surface area contributed by atoms with Crippen molar-refractivity contribution in [1.82, 2.24) is 9.97 Å². The Balaban J connectivity index is 1.55. The highest BCUT2D eigenvalue weighted by Gasteiger charge is 2.53. The van der Waals surface area contributed by atoms with Crippen LogP contribution in [0.1, 0.15) is 63.5 Å². The molecule has 3 aromatic rings. The Morgan fingerprint density at radius 3 is 2.30 bits per heavy atom. The zero-order chi connectivity index (χ0) is 23.5. The second kappa shape index (κ2) is 7.61. The highest BCUT2D eigenvalue weighted by atomic mass is 35.5. The highest BCUT2D eigenvalue weighted by molar-refractivity contribution is 6.31. The molecule has 1 saturated heterocycles. The fourth-order valence-corrected chi connectivity index (χ4v) is 4.77. The minimum absolute atomic E-state index is 0.228. The molecule has 0 spiro atoms. The van der Waals surface area contributed by atoms with Crippen LogP contribution in [0.5, 0.6) is 11.6 Å². The van der Waals surface area contributed by atoms with E-state index in [-0.39, 0.29) is 11.6 Å². The number of hydrogen-bond acceptors (Lipinski definition) is 6. The van der Waals surface area contributed by atoms with Crippen molar-refractivity contribution < 1.29 is 19.1 Å². The number of nitrogens with zero attached hydrogens (tertiary/aromatic N) is 2. The van der Waals surface area contributed by atoms with E-state index in [0.29, 0.717) is 39.2 Å². The van der Waals surface area contributed by atoms with Gasteiger partial charge in [0.15, 0.2) is 11.6 Å². The number of carbonyl (C=O) groups excluding carboxylic acids is 2. The minimum atomic E-state index is -1.06. The van der Waals surface area contributed by atoms with Gasteiger partial charge in [0, 0.05) is 5.02 Å². The number of carbonyl (C=O) groups is 2. The maximum Gasteiger partial charge on any atom is 0.238 e. The third-order valence-corrected chi connectivity index (χ3v) is 6.55. The summed E-state index contributed by atoms with van der Waals surface area (Å²) in [5.41, 5.74) is 0.930. The number of ketones is 2. The molecule has 7 heteroatoms. The molecule has 0 atom stereocenters. The van der Waals surface area contributed by atoms with Crippen LogP contribution in [0.4, 0.5) is 0 Å². The van der Waals surface area contributed by atoms with Gasteiger partial charge in [0.25, 0.3) is 0 Å². The van der Waals surface area contributed by atoms with Gasteiger partial charge >= 0.3 is 0 Å². The molecule has 2 aromatic carbocycles. The summed E-state index contributed by atoms with van der Waals surface area (Å²) < 4.78 is 11.9. The molecule has 0 bridgehead atoms. The van der Waals surface area contributed by atoms with Gasteiger partial charge in [0.1, 0.15) is 22.9 Å². The van der Waals surface area contributed by atoms with Crippen LogP contribution in [0.2, 0.25) is 5.02 Å². The van der Waals surface area contributed by atoms with Gasteiger partial charge in [-0.15, -0.1) is 0 Å². The number of halogens is 1. The van der Waals surface area contributed by atoms with Crippen molar-refractivity contribution in [2.45, 2.75) is 63.6 Å². The summed E-state index contributed by atoms with van der Waals surface area (Å²) in [5, 5.41) is 0.586. The molecule has 2 fully saturated rings. The maximum atomic E-state index is 13.4. The monoisotopic (exact) mass is 464 g/mol. The lowest BCUT2D eigenvalue weighted by atomic mass is 9.73. The van der Waals surface area contributed by atoms with Crippen LogP contribution in [0.25, 0.3) is 11.0 Å². The lowest BCUT2D eigenvalue weighted by Gasteiger charge is -2.43. The van der Waals surface area contributed by atoms with Crippen LogP contribution < -0.4 is 4.74 Å². The zero-order valence-electron chi connectivity index (χ0n) is 19.0. The molecule has 5 rings (SSSR count). The normalized spacial score (nSPS) is 20.3. The van der Waals surface area contributed by atoms with E-state index >= 15 is 0 Å². The molecular formula is C26H25ClN2O4. The molecule has 170 valence electrons. The largest absolute Gasteiger partial charge is 0.437 e. The molecule has 2 aliphatic rings. The predicted molar refractivity (Wildman–Crippen MR) is 125 cm³/mol. The van der Waals surface area contributed by atoms with Crippen LogP contribution in [0, 0.1) is 0 Å². The van der Waals surface area contributed by atoms with Crippen molar-refractivity contribution in [1.29, 1.82) is 0 Å². The average Bonchev–Trinajstić information content (AvgIpc) is 3.58. The number of rotatable bonds is 4. The van der Waals surface area contributed by atoms with Gasteiger partial charge in [0.05, 0.1) is 17.2 Å². The Labute approximate surface area is 197 Å². The van der Waals surface area contributed by atoms with E-state index in [0.717, 1.165) is 18.4 Å². The Morgan fingerprint density at radius 1 is 0.939 bits per heavy atom. The van der Waals surface area contributed by atoms with Crippen LogP contribution in [-0.4, -0.2) is 32.7 Å². The topological polar surface area (TPSA) is 78.4 Å². The minimum Gasteiger partial charge on any atom is -0.437 e. The molecule has 0 unspecified atom stereocenters. The Morgan fingerprint density at radius 2 is 1.64 bits per heavy atom. The third-order valence-electron chi connectivity index (χ3n) is 6.31.